The maximum Gasteiger partial charge on any atom is 0.255 e. The molecule has 76 valence electrons. The third kappa shape index (κ3) is 2.16. The topological polar surface area (TPSA) is 75.4 Å². The number of nitrogens with one attached hydrogen (secondary N) is 1. The Hall–Kier alpha value is -1.71. The zero-order valence-corrected chi connectivity index (χ0v) is 8.24. The Kier molecular flexibility index (Phi) is 2.96. The summed E-state index contributed by atoms with van der Waals surface area (Å²) < 4.78 is 0. The van der Waals surface area contributed by atoms with E-state index in [4.69, 9.17) is 5.73 Å². The first-order valence-electron chi connectivity index (χ1n) is 4.40. The quantitative estimate of drug-likeness (QED) is 0.487. The minimum absolute atomic E-state index is 0.0309. The number of carbonyl (C=O) groups is 1. The molecule has 0 aliphatic rings. The van der Waals surface area contributed by atoms with Crippen LogP contribution in [0.2, 0.25) is 0 Å². The average molecular weight is 194 g/mol. The van der Waals surface area contributed by atoms with Crippen LogP contribution in [0.3, 0.4) is 0 Å². The standard InChI is InChI=1S/C10H14N2O2/c1-6(2)12-10(14)7-4-3-5-8(11)9(7)13/h3-6,13H,11H2,1-2H3,(H,12,14). The molecule has 0 saturated heterocycles. The zero-order chi connectivity index (χ0) is 10.7. The molecule has 0 atom stereocenters. The van der Waals surface area contributed by atoms with Crippen molar-refractivity contribution in [2.75, 3.05) is 5.73 Å². The molecule has 14 heavy (non-hydrogen) atoms. The molecule has 4 N–H and O–H groups in total. The van der Waals surface area contributed by atoms with E-state index in [-0.39, 0.29) is 28.9 Å². The van der Waals surface area contributed by atoms with Gasteiger partial charge in [-0.2, -0.15) is 0 Å². The molecule has 0 fully saturated rings. The Morgan fingerprint density at radius 1 is 1.50 bits per heavy atom. The first kappa shape index (κ1) is 10.4. The maximum atomic E-state index is 11.5. The van der Waals surface area contributed by atoms with Crippen LogP contribution in [0, 0.1) is 0 Å². The van der Waals surface area contributed by atoms with Crippen molar-refractivity contribution in [2.24, 2.45) is 0 Å². The molecule has 0 aromatic heterocycles. The van der Waals surface area contributed by atoms with E-state index in [0.29, 0.717) is 0 Å². The van der Waals surface area contributed by atoms with E-state index in [1.54, 1.807) is 12.1 Å². The maximum absolute atomic E-state index is 11.5. The minimum Gasteiger partial charge on any atom is -0.505 e. The highest BCUT2D eigenvalue weighted by atomic mass is 16.3. The third-order valence-electron chi connectivity index (χ3n) is 1.73. The predicted octanol–water partition coefficient (Wildman–Crippen LogP) is 1.11. The second-order valence-corrected chi connectivity index (χ2v) is 3.37. The number of para-hydroxylation sites is 1. The van der Waals surface area contributed by atoms with Gasteiger partial charge in [-0.1, -0.05) is 6.07 Å². The summed E-state index contributed by atoms with van der Waals surface area (Å²) >= 11 is 0. The Balaban J connectivity index is 2.96. The van der Waals surface area contributed by atoms with Crippen LogP contribution >= 0.6 is 0 Å². The van der Waals surface area contributed by atoms with Crippen LogP contribution in [0.5, 0.6) is 5.75 Å². The van der Waals surface area contributed by atoms with Crippen molar-refractivity contribution >= 4 is 11.6 Å². The first-order valence-corrected chi connectivity index (χ1v) is 4.40. The van der Waals surface area contributed by atoms with Gasteiger partial charge in [-0.05, 0) is 26.0 Å². The van der Waals surface area contributed by atoms with Crippen LogP contribution in [-0.2, 0) is 0 Å². The van der Waals surface area contributed by atoms with Crippen molar-refractivity contribution < 1.29 is 9.90 Å². The van der Waals surface area contributed by atoms with E-state index < -0.39 is 0 Å². The number of hydrogen-bond donors (Lipinski definition) is 3. The average Bonchev–Trinajstić information content (AvgIpc) is 2.08. The van der Waals surface area contributed by atoms with Gasteiger partial charge in [0.05, 0.1) is 11.3 Å². The summed E-state index contributed by atoms with van der Waals surface area (Å²) in [6.07, 6.45) is 0. The van der Waals surface area contributed by atoms with Crippen LogP contribution in [0.25, 0.3) is 0 Å². The SMILES string of the molecule is CC(C)NC(=O)c1cccc(N)c1O. The van der Waals surface area contributed by atoms with Crippen molar-refractivity contribution in [1.29, 1.82) is 0 Å². The molecule has 0 radical (unpaired) electrons. The van der Waals surface area contributed by atoms with Gasteiger partial charge in [0.25, 0.3) is 5.91 Å². The molecular formula is C10H14N2O2. The highest BCUT2D eigenvalue weighted by molar-refractivity contribution is 5.98. The summed E-state index contributed by atoms with van der Waals surface area (Å²) in [5.41, 5.74) is 5.88. The molecule has 1 rings (SSSR count). The van der Waals surface area contributed by atoms with Gasteiger partial charge in [0.1, 0.15) is 0 Å². The smallest absolute Gasteiger partial charge is 0.255 e. The van der Waals surface area contributed by atoms with Crippen LogP contribution in [0.15, 0.2) is 18.2 Å². The number of carbonyl (C=O) groups excluding carboxylic acids is 1. The summed E-state index contributed by atoms with van der Waals surface area (Å²) in [4.78, 5) is 11.5. The monoisotopic (exact) mass is 194 g/mol. The Bertz CT molecular complexity index is 348. The molecule has 0 saturated carbocycles. The van der Waals surface area contributed by atoms with Gasteiger partial charge in [0.15, 0.2) is 5.75 Å². The Morgan fingerprint density at radius 2 is 2.14 bits per heavy atom. The van der Waals surface area contributed by atoms with Crippen molar-refractivity contribution in [3.05, 3.63) is 23.8 Å². The van der Waals surface area contributed by atoms with Crippen molar-refractivity contribution in [2.45, 2.75) is 19.9 Å². The summed E-state index contributed by atoms with van der Waals surface area (Å²) in [5, 5.41) is 12.2. The fraction of sp³-hybridized carbons (Fsp3) is 0.300. The summed E-state index contributed by atoms with van der Waals surface area (Å²) in [6.45, 7) is 3.70. The third-order valence-corrected chi connectivity index (χ3v) is 1.73. The molecule has 1 amide bonds. The molecule has 0 aliphatic carbocycles. The number of phenols is 1. The van der Waals surface area contributed by atoms with Gasteiger partial charge in [-0.25, -0.2) is 0 Å². The number of nitrogens with two attached hydrogens (primary N) is 1. The molecule has 0 heterocycles. The van der Waals surface area contributed by atoms with Crippen LogP contribution < -0.4 is 11.1 Å². The number of hydrogen-bond acceptors (Lipinski definition) is 3. The molecule has 0 aliphatic heterocycles. The lowest BCUT2D eigenvalue weighted by Crippen LogP contribution is -2.30. The Morgan fingerprint density at radius 3 is 2.71 bits per heavy atom. The Labute approximate surface area is 82.7 Å². The number of rotatable bonds is 2. The first-order chi connectivity index (χ1) is 6.52. The lowest BCUT2D eigenvalue weighted by molar-refractivity contribution is 0.0940. The second-order valence-electron chi connectivity index (χ2n) is 3.37. The molecule has 0 spiro atoms. The molecule has 0 bridgehead atoms. The molecule has 1 aromatic carbocycles. The van der Waals surface area contributed by atoms with Gasteiger partial charge < -0.3 is 16.2 Å². The van der Waals surface area contributed by atoms with Crippen LogP contribution in [0.4, 0.5) is 5.69 Å². The van der Waals surface area contributed by atoms with E-state index in [1.807, 2.05) is 13.8 Å². The number of amides is 1. The van der Waals surface area contributed by atoms with Gasteiger partial charge in [-0.3, -0.25) is 4.79 Å². The van der Waals surface area contributed by atoms with Crippen molar-refractivity contribution in [1.82, 2.24) is 5.32 Å². The van der Waals surface area contributed by atoms with E-state index in [9.17, 15) is 9.90 Å². The minimum atomic E-state index is -0.315. The van der Waals surface area contributed by atoms with Crippen LogP contribution in [-0.4, -0.2) is 17.1 Å². The van der Waals surface area contributed by atoms with Gasteiger partial charge in [-0.15, -0.1) is 0 Å². The molecular weight excluding hydrogens is 180 g/mol. The van der Waals surface area contributed by atoms with E-state index >= 15 is 0 Å². The summed E-state index contributed by atoms with van der Waals surface area (Å²) in [6, 6.07) is 4.73. The summed E-state index contributed by atoms with van der Waals surface area (Å²) in [5.74, 6) is -0.476. The van der Waals surface area contributed by atoms with Gasteiger partial charge >= 0.3 is 0 Å². The normalized spacial score (nSPS) is 10.2. The van der Waals surface area contributed by atoms with Gasteiger partial charge in [0, 0.05) is 6.04 Å². The summed E-state index contributed by atoms with van der Waals surface area (Å²) in [7, 11) is 0. The number of anilines is 1. The second kappa shape index (κ2) is 4.00. The highest BCUT2D eigenvalue weighted by Gasteiger charge is 2.12. The molecule has 1 aromatic rings. The fourth-order valence-electron chi connectivity index (χ4n) is 1.08. The lowest BCUT2D eigenvalue weighted by Gasteiger charge is -2.10. The van der Waals surface area contributed by atoms with Gasteiger partial charge in [0.2, 0.25) is 0 Å². The zero-order valence-electron chi connectivity index (χ0n) is 8.24. The fourth-order valence-corrected chi connectivity index (χ4v) is 1.08. The van der Waals surface area contributed by atoms with Crippen molar-refractivity contribution in [3.63, 3.8) is 0 Å². The molecule has 4 nitrogen and oxygen atoms in total. The molecule has 4 heteroatoms. The number of benzene rings is 1. The van der Waals surface area contributed by atoms with Crippen LogP contribution in [0.1, 0.15) is 24.2 Å². The number of aromatic hydroxyl groups is 1. The van der Waals surface area contributed by atoms with E-state index in [2.05, 4.69) is 5.32 Å². The van der Waals surface area contributed by atoms with Crippen molar-refractivity contribution in [3.8, 4) is 5.75 Å². The number of phenolic OH excluding ortho intramolecular Hbond substituents is 1. The van der Waals surface area contributed by atoms with E-state index in [0.717, 1.165) is 0 Å². The lowest BCUT2D eigenvalue weighted by atomic mass is 10.1. The molecule has 0 unspecified atom stereocenters. The largest absolute Gasteiger partial charge is 0.505 e. The van der Waals surface area contributed by atoms with E-state index in [1.165, 1.54) is 6.07 Å². The highest BCUT2D eigenvalue weighted by Crippen LogP contribution is 2.24. The predicted molar refractivity (Wildman–Crippen MR) is 55.1 cm³/mol. The number of nitrogen functional groups attached to an aromatic ring is 1.